The summed E-state index contributed by atoms with van der Waals surface area (Å²) in [4.78, 5) is 2.74. The molecule has 1 rings (SSSR count). The lowest BCUT2D eigenvalue weighted by Crippen LogP contribution is -2.65. The highest BCUT2D eigenvalue weighted by Crippen LogP contribution is 2.29. The maximum absolute atomic E-state index is 3.78. The average Bonchev–Trinajstić information content (AvgIpc) is 2.26. The van der Waals surface area contributed by atoms with Crippen molar-refractivity contribution in [2.45, 2.75) is 72.9 Å². The van der Waals surface area contributed by atoms with Crippen LogP contribution in [0.25, 0.3) is 0 Å². The summed E-state index contributed by atoms with van der Waals surface area (Å²) in [5.74, 6) is 0.800. The van der Waals surface area contributed by atoms with Gasteiger partial charge < -0.3 is 5.32 Å². The molecule has 1 N–H and O–H groups in total. The maximum atomic E-state index is 3.78. The molecule has 1 heterocycles. The summed E-state index contributed by atoms with van der Waals surface area (Å²) in [7, 11) is 0. The SMILES string of the molecule is CCC1(C)CNC(C(C)(C)C)CN1CCC(C)C. The Hall–Kier alpha value is -0.0800. The van der Waals surface area contributed by atoms with Crippen LogP contribution in [-0.2, 0) is 0 Å². The van der Waals surface area contributed by atoms with Crippen molar-refractivity contribution in [3.63, 3.8) is 0 Å². The topological polar surface area (TPSA) is 15.3 Å². The predicted molar refractivity (Wildman–Crippen MR) is 81.0 cm³/mol. The molecule has 18 heavy (non-hydrogen) atoms. The number of hydrogen-bond donors (Lipinski definition) is 1. The van der Waals surface area contributed by atoms with Gasteiger partial charge in [0.2, 0.25) is 0 Å². The van der Waals surface area contributed by atoms with Gasteiger partial charge in [0.1, 0.15) is 0 Å². The Balaban J connectivity index is 2.71. The molecule has 0 saturated carbocycles. The number of piperazine rings is 1. The Kier molecular flexibility index (Phi) is 5.25. The number of rotatable bonds is 4. The third kappa shape index (κ3) is 3.96. The van der Waals surface area contributed by atoms with Crippen LogP contribution in [-0.4, -0.2) is 36.1 Å². The van der Waals surface area contributed by atoms with Crippen molar-refractivity contribution in [2.24, 2.45) is 11.3 Å². The second-order valence-electron chi connectivity index (χ2n) is 7.78. The van der Waals surface area contributed by atoms with Crippen molar-refractivity contribution in [3.8, 4) is 0 Å². The Morgan fingerprint density at radius 2 is 1.94 bits per heavy atom. The van der Waals surface area contributed by atoms with Gasteiger partial charge in [0, 0.05) is 24.7 Å². The molecule has 0 amide bonds. The van der Waals surface area contributed by atoms with E-state index in [9.17, 15) is 0 Å². The van der Waals surface area contributed by atoms with Crippen LogP contribution in [0.5, 0.6) is 0 Å². The second-order valence-corrected chi connectivity index (χ2v) is 7.78. The van der Waals surface area contributed by atoms with Gasteiger partial charge in [0.25, 0.3) is 0 Å². The van der Waals surface area contributed by atoms with Gasteiger partial charge in [-0.3, -0.25) is 4.90 Å². The molecule has 0 aromatic carbocycles. The van der Waals surface area contributed by atoms with Gasteiger partial charge in [-0.1, -0.05) is 41.5 Å². The molecule has 0 aromatic rings. The molecule has 108 valence electrons. The molecule has 1 aliphatic heterocycles. The van der Waals surface area contributed by atoms with E-state index < -0.39 is 0 Å². The van der Waals surface area contributed by atoms with Crippen LogP contribution in [0.3, 0.4) is 0 Å². The Labute approximate surface area is 115 Å². The van der Waals surface area contributed by atoms with Gasteiger partial charge in [-0.2, -0.15) is 0 Å². The molecular formula is C16H34N2. The van der Waals surface area contributed by atoms with E-state index in [0.717, 1.165) is 12.5 Å². The maximum Gasteiger partial charge on any atom is 0.0303 e. The van der Waals surface area contributed by atoms with E-state index in [1.807, 2.05) is 0 Å². The number of hydrogen-bond acceptors (Lipinski definition) is 2. The van der Waals surface area contributed by atoms with Crippen molar-refractivity contribution >= 4 is 0 Å². The van der Waals surface area contributed by atoms with E-state index in [2.05, 4.69) is 58.7 Å². The van der Waals surface area contributed by atoms with E-state index in [-0.39, 0.29) is 0 Å². The first-order chi connectivity index (χ1) is 8.19. The highest BCUT2D eigenvalue weighted by atomic mass is 15.3. The molecule has 2 atom stereocenters. The van der Waals surface area contributed by atoms with Crippen LogP contribution in [0.2, 0.25) is 0 Å². The highest BCUT2D eigenvalue weighted by Gasteiger charge is 2.39. The third-order valence-electron chi connectivity index (χ3n) is 4.68. The van der Waals surface area contributed by atoms with E-state index >= 15 is 0 Å². The molecular weight excluding hydrogens is 220 g/mol. The normalized spacial score (nSPS) is 31.0. The van der Waals surface area contributed by atoms with Crippen LogP contribution < -0.4 is 5.32 Å². The first kappa shape index (κ1) is 16.0. The van der Waals surface area contributed by atoms with Gasteiger partial charge in [-0.15, -0.1) is 0 Å². The fourth-order valence-electron chi connectivity index (χ4n) is 2.66. The molecule has 0 aromatic heterocycles. The van der Waals surface area contributed by atoms with Gasteiger partial charge >= 0.3 is 0 Å². The molecule has 1 fully saturated rings. The van der Waals surface area contributed by atoms with Crippen molar-refractivity contribution in [1.29, 1.82) is 0 Å². The zero-order valence-electron chi connectivity index (χ0n) is 13.6. The molecule has 2 nitrogen and oxygen atoms in total. The number of nitrogens with one attached hydrogen (secondary N) is 1. The fourth-order valence-corrected chi connectivity index (χ4v) is 2.66. The van der Waals surface area contributed by atoms with Crippen molar-refractivity contribution < 1.29 is 0 Å². The monoisotopic (exact) mass is 254 g/mol. The van der Waals surface area contributed by atoms with E-state index in [1.54, 1.807) is 0 Å². The van der Waals surface area contributed by atoms with E-state index in [4.69, 9.17) is 0 Å². The highest BCUT2D eigenvalue weighted by molar-refractivity contribution is 4.98. The minimum absolute atomic E-state index is 0.344. The molecule has 0 aliphatic carbocycles. The standard InChI is InChI=1S/C16H34N2/c1-8-16(7)12-17-14(15(4,5)6)11-18(16)10-9-13(2)3/h13-14,17H,8-12H2,1-7H3. The Morgan fingerprint density at radius 1 is 1.33 bits per heavy atom. The van der Waals surface area contributed by atoms with Crippen LogP contribution in [0.15, 0.2) is 0 Å². The minimum Gasteiger partial charge on any atom is -0.310 e. The summed E-state index contributed by atoms with van der Waals surface area (Å²) >= 11 is 0. The van der Waals surface area contributed by atoms with Gasteiger partial charge in [-0.05, 0) is 37.6 Å². The number of nitrogens with zero attached hydrogens (tertiary/aromatic N) is 1. The smallest absolute Gasteiger partial charge is 0.0303 e. The molecule has 2 unspecified atom stereocenters. The summed E-state index contributed by atoms with van der Waals surface area (Å²) < 4.78 is 0. The molecule has 1 aliphatic rings. The molecule has 0 bridgehead atoms. The van der Waals surface area contributed by atoms with Crippen molar-refractivity contribution in [3.05, 3.63) is 0 Å². The summed E-state index contributed by atoms with van der Waals surface area (Å²) in [5.41, 5.74) is 0.696. The first-order valence-corrected chi connectivity index (χ1v) is 7.67. The fraction of sp³-hybridized carbons (Fsp3) is 1.00. The molecule has 0 radical (unpaired) electrons. The van der Waals surface area contributed by atoms with Crippen molar-refractivity contribution in [2.75, 3.05) is 19.6 Å². The molecule has 2 heteroatoms. The summed E-state index contributed by atoms with van der Waals surface area (Å²) in [6.45, 7) is 20.0. The minimum atomic E-state index is 0.344. The summed E-state index contributed by atoms with van der Waals surface area (Å²) in [6.07, 6.45) is 2.54. The Morgan fingerprint density at radius 3 is 2.39 bits per heavy atom. The van der Waals surface area contributed by atoms with Crippen LogP contribution in [0.1, 0.15) is 61.3 Å². The van der Waals surface area contributed by atoms with E-state index in [1.165, 1.54) is 25.9 Å². The second kappa shape index (κ2) is 5.92. The van der Waals surface area contributed by atoms with Crippen LogP contribution in [0, 0.1) is 11.3 Å². The summed E-state index contributed by atoms with van der Waals surface area (Å²) in [5, 5.41) is 3.78. The first-order valence-electron chi connectivity index (χ1n) is 7.67. The molecule has 0 spiro atoms. The van der Waals surface area contributed by atoms with Crippen LogP contribution in [0.4, 0.5) is 0 Å². The van der Waals surface area contributed by atoms with Crippen molar-refractivity contribution in [1.82, 2.24) is 10.2 Å². The average molecular weight is 254 g/mol. The zero-order chi connectivity index (χ0) is 14.0. The van der Waals surface area contributed by atoms with Gasteiger partial charge in [0.05, 0.1) is 0 Å². The lowest BCUT2D eigenvalue weighted by Gasteiger charge is -2.51. The lowest BCUT2D eigenvalue weighted by molar-refractivity contribution is 0.0191. The quantitative estimate of drug-likeness (QED) is 0.826. The predicted octanol–water partition coefficient (Wildman–Crippen LogP) is 3.52. The zero-order valence-corrected chi connectivity index (χ0v) is 13.6. The summed E-state index contributed by atoms with van der Waals surface area (Å²) in [6, 6.07) is 0.615. The van der Waals surface area contributed by atoms with Gasteiger partial charge in [0.15, 0.2) is 0 Å². The van der Waals surface area contributed by atoms with Crippen LogP contribution >= 0.6 is 0 Å². The largest absolute Gasteiger partial charge is 0.310 e. The van der Waals surface area contributed by atoms with Gasteiger partial charge in [-0.25, -0.2) is 0 Å². The Bertz CT molecular complexity index is 254. The third-order valence-corrected chi connectivity index (χ3v) is 4.68. The van der Waals surface area contributed by atoms with E-state index in [0.29, 0.717) is 17.0 Å². The lowest BCUT2D eigenvalue weighted by atomic mass is 9.81. The molecule has 1 saturated heterocycles.